The van der Waals surface area contributed by atoms with Crippen LogP contribution in [0.15, 0.2) is 18.3 Å². The van der Waals surface area contributed by atoms with Crippen LogP contribution in [0.2, 0.25) is 0 Å². The fraction of sp³-hybridized carbons (Fsp3) is 0.375. The predicted octanol–water partition coefficient (Wildman–Crippen LogP) is 0.891. The third kappa shape index (κ3) is 1.61. The van der Waals surface area contributed by atoms with Gasteiger partial charge in [0.05, 0.1) is 7.11 Å². The lowest BCUT2D eigenvalue weighted by atomic mass is 10.3. The molecular formula is C8H11NO2. The van der Waals surface area contributed by atoms with Crippen LogP contribution < -0.4 is 9.47 Å². The van der Waals surface area contributed by atoms with E-state index in [1.54, 1.807) is 19.2 Å². The van der Waals surface area contributed by atoms with Gasteiger partial charge in [-0.2, -0.15) is 4.73 Å². The third-order valence-corrected chi connectivity index (χ3v) is 1.56. The van der Waals surface area contributed by atoms with Crippen LogP contribution >= 0.6 is 0 Å². The second-order valence-electron chi connectivity index (χ2n) is 2.24. The van der Waals surface area contributed by atoms with E-state index in [1.165, 1.54) is 6.20 Å². The van der Waals surface area contributed by atoms with E-state index in [0.717, 1.165) is 22.6 Å². The zero-order valence-corrected chi connectivity index (χ0v) is 6.70. The van der Waals surface area contributed by atoms with Crippen molar-refractivity contribution in [2.45, 2.75) is 13.3 Å². The molecule has 0 aliphatic heterocycles. The van der Waals surface area contributed by atoms with Gasteiger partial charge >= 0.3 is 0 Å². The molecule has 3 heteroatoms. The van der Waals surface area contributed by atoms with E-state index in [1.807, 2.05) is 6.92 Å². The van der Waals surface area contributed by atoms with E-state index in [2.05, 4.69) is 0 Å². The van der Waals surface area contributed by atoms with E-state index in [9.17, 15) is 5.21 Å². The molecule has 1 heterocycles. The maximum absolute atomic E-state index is 11.0. The van der Waals surface area contributed by atoms with E-state index in [-0.39, 0.29) is 0 Å². The van der Waals surface area contributed by atoms with Gasteiger partial charge in [-0.15, -0.1) is 0 Å². The van der Waals surface area contributed by atoms with Crippen molar-refractivity contribution in [2.24, 2.45) is 0 Å². The summed E-state index contributed by atoms with van der Waals surface area (Å²) in [5, 5.41) is 11.0. The Kier molecular flexibility index (Phi) is 2.31. The normalized spacial score (nSPS) is 9.64. The molecule has 0 fully saturated rings. The topological polar surface area (TPSA) is 36.2 Å². The monoisotopic (exact) mass is 153 g/mol. The van der Waals surface area contributed by atoms with Gasteiger partial charge in [0.2, 0.25) is 0 Å². The van der Waals surface area contributed by atoms with Gasteiger partial charge in [0, 0.05) is 18.6 Å². The number of hydrogen-bond donors (Lipinski definition) is 0. The summed E-state index contributed by atoms with van der Waals surface area (Å²) in [6.45, 7) is 1.93. The number of aryl methyl sites for hydroxylation is 1. The molecule has 1 aromatic rings. The zero-order valence-electron chi connectivity index (χ0n) is 6.70. The molecule has 0 amide bonds. The Morgan fingerprint density at radius 2 is 2.36 bits per heavy atom. The van der Waals surface area contributed by atoms with Crippen LogP contribution in [0, 0.1) is 5.21 Å². The highest BCUT2D eigenvalue weighted by Crippen LogP contribution is 2.08. The van der Waals surface area contributed by atoms with Crippen molar-refractivity contribution in [2.75, 3.05) is 7.11 Å². The molecule has 3 nitrogen and oxygen atoms in total. The van der Waals surface area contributed by atoms with Crippen LogP contribution in [0.5, 0.6) is 5.75 Å². The molecule has 0 atom stereocenters. The second kappa shape index (κ2) is 3.23. The smallest absolute Gasteiger partial charge is 0.196 e. The molecule has 11 heavy (non-hydrogen) atoms. The Morgan fingerprint density at radius 3 is 2.91 bits per heavy atom. The number of hydrogen-bond acceptors (Lipinski definition) is 2. The summed E-state index contributed by atoms with van der Waals surface area (Å²) in [4.78, 5) is 0. The molecule has 0 saturated carbocycles. The van der Waals surface area contributed by atoms with E-state index in [0.29, 0.717) is 0 Å². The number of nitrogens with zero attached hydrogens (tertiary/aromatic N) is 1. The van der Waals surface area contributed by atoms with Gasteiger partial charge in [-0.1, -0.05) is 6.92 Å². The fourth-order valence-corrected chi connectivity index (χ4v) is 0.898. The summed E-state index contributed by atoms with van der Waals surface area (Å²) in [6, 6.07) is 3.39. The molecule has 0 N–H and O–H groups in total. The Balaban J connectivity index is 3.02. The minimum Gasteiger partial charge on any atom is -0.618 e. The number of pyridine rings is 1. The van der Waals surface area contributed by atoms with Crippen LogP contribution in [-0.4, -0.2) is 7.11 Å². The second-order valence-corrected chi connectivity index (χ2v) is 2.24. The highest BCUT2D eigenvalue weighted by molar-refractivity contribution is 5.19. The summed E-state index contributed by atoms with van der Waals surface area (Å²) >= 11 is 0. The number of rotatable bonds is 2. The molecule has 1 aromatic heterocycles. The molecule has 0 aromatic carbocycles. The molecule has 0 unspecified atom stereocenters. The van der Waals surface area contributed by atoms with Crippen molar-refractivity contribution in [3.05, 3.63) is 29.2 Å². The van der Waals surface area contributed by atoms with Gasteiger partial charge in [-0.25, -0.2) is 0 Å². The van der Waals surface area contributed by atoms with Gasteiger partial charge in [-0.3, -0.25) is 0 Å². The van der Waals surface area contributed by atoms with E-state index < -0.39 is 0 Å². The first-order valence-electron chi connectivity index (χ1n) is 3.54. The van der Waals surface area contributed by atoms with Crippen molar-refractivity contribution in [1.82, 2.24) is 0 Å². The van der Waals surface area contributed by atoms with E-state index >= 15 is 0 Å². The fourth-order valence-electron chi connectivity index (χ4n) is 0.898. The van der Waals surface area contributed by atoms with Gasteiger partial charge in [0.15, 0.2) is 11.9 Å². The molecule has 60 valence electrons. The van der Waals surface area contributed by atoms with Gasteiger partial charge in [0.1, 0.15) is 5.75 Å². The summed E-state index contributed by atoms with van der Waals surface area (Å²) in [6.07, 6.45) is 2.18. The summed E-state index contributed by atoms with van der Waals surface area (Å²) in [5.41, 5.74) is 0.726. The van der Waals surface area contributed by atoms with Gasteiger partial charge < -0.3 is 9.94 Å². The first-order valence-corrected chi connectivity index (χ1v) is 3.54. The first kappa shape index (κ1) is 7.85. The average Bonchev–Trinajstić information content (AvgIpc) is 2.05. The molecule has 0 saturated heterocycles. The van der Waals surface area contributed by atoms with Crippen molar-refractivity contribution in [1.29, 1.82) is 0 Å². The Hall–Kier alpha value is -1.25. The molecule has 0 radical (unpaired) electrons. The van der Waals surface area contributed by atoms with Crippen LogP contribution in [0.4, 0.5) is 0 Å². The predicted molar refractivity (Wildman–Crippen MR) is 41.3 cm³/mol. The van der Waals surface area contributed by atoms with E-state index in [4.69, 9.17) is 4.74 Å². The average molecular weight is 153 g/mol. The lowest BCUT2D eigenvalue weighted by Crippen LogP contribution is -2.30. The SMILES string of the molecule is CCc1cc(OC)cc[n+]1[O-]. The molecule has 0 aliphatic carbocycles. The Labute approximate surface area is 65.8 Å². The number of methoxy groups -OCH3 is 1. The van der Waals surface area contributed by atoms with Crippen LogP contribution in [0.3, 0.4) is 0 Å². The van der Waals surface area contributed by atoms with Gasteiger partial charge in [-0.05, 0) is 0 Å². The van der Waals surface area contributed by atoms with Crippen molar-refractivity contribution < 1.29 is 9.47 Å². The van der Waals surface area contributed by atoms with Crippen molar-refractivity contribution in [3.8, 4) is 5.75 Å². The molecular weight excluding hydrogens is 142 g/mol. The Morgan fingerprint density at radius 1 is 1.64 bits per heavy atom. The molecule has 0 aliphatic rings. The quantitative estimate of drug-likeness (QED) is 0.467. The maximum atomic E-state index is 11.0. The highest BCUT2D eigenvalue weighted by Gasteiger charge is 2.02. The maximum Gasteiger partial charge on any atom is 0.196 e. The van der Waals surface area contributed by atoms with Crippen molar-refractivity contribution >= 4 is 0 Å². The Bertz CT molecular complexity index is 248. The first-order chi connectivity index (χ1) is 5.27. The number of ether oxygens (including phenoxy) is 1. The minimum atomic E-state index is 0.723. The van der Waals surface area contributed by atoms with Crippen LogP contribution in [0.1, 0.15) is 12.6 Å². The molecule has 0 bridgehead atoms. The number of aromatic nitrogens is 1. The third-order valence-electron chi connectivity index (χ3n) is 1.56. The summed E-state index contributed by atoms with van der Waals surface area (Å²) < 4.78 is 5.81. The lowest BCUT2D eigenvalue weighted by Gasteiger charge is -2.03. The summed E-state index contributed by atoms with van der Waals surface area (Å²) in [5.74, 6) is 0.731. The minimum absolute atomic E-state index is 0.723. The highest BCUT2D eigenvalue weighted by atomic mass is 16.5. The largest absolute Gasteiger partial charge is 0.618 e. The van der Waals surface area contributed by atoms with Crippen LogP contribution in [-0.2, 0) is 6.42 Å². The van der Waals surface area contributed by atoms with Gasteiger partial charge in [0.25, 0.3) is 0 Å². The molecule has 0 spiro atoms. The zero-order chi connectivity index (χ0) is 8.27. The summed E-state index contributed by atoms with van der Waals surface area (Å²) in [7, 11) is 1.59. The van der Waals surface area contributed by atoms with Crippen LogP contribution in [0.25, 0.3) is 0 Å². The standard InChI is InChI=1S/C8H11NO2/c1-3-7-6-8(11-2)4-5-9(7)10/h4-6H,3H2,1-2H3. The molecule has 1 rings (SSSR count). The lowest BCUT2D eigenvalue weighted by molar-refractivity contribution is -0.613. The van der Waals surface area contributed by atoms with Crippen molar-refractivity contribution in [3.63, 3.8) is 0 Å².